The lowest BCUT2D eigenvalue weighted by atomic mass is 10.0. The van der Waals surface area contributed by atoms with Gasteiger partial charge in [-0.1, -0.05) is 0 Å². The molecule has 1 fully saturated rings. The number of nitrogens with one attached hydrogen (secondary N) is 1. The quantitative estimate of drug-likeness (QED) is 0.237. The molecule has 0 radical (unpaired) electrons. The van der Waals surface area contributed by atoms with E-state index < -0.39 is 52.7 Å². The Balaban J connectivity index is 2.40. The highest BCUT2D eigenvalue weighted by atomic mass is 32.2. The summed E-state index contributed by atoms with van der Waals surface area (Å²) >= 11 is 1.22. The minimum atomic E-state index is -1.89. The van der Waals surface area contributed by atoms with Crippen molar-refractivity contribution in [2.24, 2.45) is 11.7 Å². The van der Waals surface area contributed by atoms with Gasteiger partial charge in [0.25, 0.3) is 0 Å². The summed E-state index contributed by atoms with van der Waals surface area (Å²) in [6.45, 7) is 4.94. The van der Waals surface area contributed by atoms with Gasteiger partial charge in [-0.15, -0.1) is 11.8 Å². The van der Waals surface area contributed by atoms with Crippen LogP contribution in [0.2, 0.25) is 0 Å². The minimum Gasteiger partial charge on any atom is -0.468 e. The van der Waals surface area contributed by atoms with Gasteiger partial charge >= 0.3 is 17.9 Å². The first kappa shape index (κ1) is 22.7. The van der Waals surface area contributed by atoms with Gasteiger partial charge in [-0.3, -0.25) is 24.1 Å². The van der Waals surface area contributed by atoms with Crippen molar-refractivity contribution in [3.05, 3.63) is 11.4 Å². The maximum absolute atomic E-state index is 12.7. The molecule has 0 saturated carbocycles. The number of esters is 3. The predicted octanol–water partition coefficient (Wildman–Crippen LogP) is -1.14. The molecule has 2 aliphatic heterocycles. The van der Waals surface area contributed by atoms with Crippen molar-refractivity contribution >= 4 is 41.5 Å². The molecule has 0 aromatic rings. The largest absolute Gasteiger partial charge is 0.468 e. The van der Waals surface area contributed by atoms with E-state index in [0.717, 1.165) is 19.1 Å². The fourth-order valence-corrected chi connectivity index (χ4v) is 3.92. The molecule has 0 aliphatic carbocycles. The summed E-state index contributed by atoms with van der Waals surface area (Å²) < 4.78 is 14.3. The van der Waals surface area contributed by atoms with Crippen LogP contribution in [0.15, 0.2) is 11.4 Å². The molecule has 2 atom stereocenters. The number of methoxy groups -OCH3 is 2. The topological polar surface area (TPSA) is 154 Å². The second-order valence-corrected chi connectivity index (χ2v) is 8.34. The molecule has 29 heavy (non-hydrogen) atoms. The number of rotatable bonds is 5. The Morgan fingerprint density at radius 3 is 2.21 bits per heavy atom. The van der Waals surface area contributed by atoms with Crippen molar-refractivity contribution < 1.29 is 38.2 Å². The van der Waals surface area contributed by atoms with Crippen molar-refractivity contribution in [1.29, 1.82) is 0 Å². The van der Waals surface area contributed by atoms with Crippen LogP contribution < -0.4 is 11.1 Å². The summed E-state index contributed by atoms with van der Waals surface area (Å²) in [6, 6.07) is -0.785. The number of hydrogen-bond donors (Lipinski definition) is 2. The first-order valence-electron chi connectivity index (χ1n) is 8.56. The number of β-lactam (4-membered cyclic amide) rings is 1. The first-order valence-corrected chi connectivity index (χ1v) is 9.61. The average molecular weight is 429 g/mol. The van der Waals surface area contributed by atoms with E-state index in [1.807, 2.05) is 0 Å². The van der Waals surface area contributed by atoms with E-state index in [-0.39, 0.29) is 17.1 Å². The molecule has 2 heterocycles. The van der Waals surface area contributed by atoms with Crippen LogP contribution in [0.3, 0.4) is 0 Å². The number of ether oxygens (including phenoxy) is 3. The normalized spacial score (nSPS) is 21.2. The number of carbonyl (C=O) groups is 5. The monoisotopic (exact) mass is 429 g/mol. The van der Waals surface area contributed by atoms with Crippen LogP contribution >= 0.6 is 11.8 Å². The third-order valence-corrected chi connectivity index (χ3v) is 5.31. The molecular weight excluding hydrogens is 406 g/mol. The average Bonchev–Trinajstić information content (AvgIpc) is 2.65. The molecule has 2 amide bonds. The van der Waals surface area contributed by atoms with Gasteiger partial charge in [-0.05, 0) is 20.8 Å². The second-order valence-electron chi connectivity index (χ2n) is 7.23. The number of thioether (sulfide) groups is 1. The molecule has 2 aliphatic rings. The molecular formula is C17H23N3O8S. The summed E-state index contributed by atoms with van der Waals surface area (Å²) in [5.41, 5.74) is 4.75. The summed E-state index contributed by atoms with van der Waals surface area (Å²) in [6.07, 6.45) is 0. The van der Waals surface area contributed by atoms with Crippen molar-refractivity contribution in [3.63, 3.8) is 0 Å². The highest BCUT2D eigenvalue weighted by Gasteiger charge is 2.53. The Bertz CT molecular complexity index is 772. The standard InChI is InChI=1S/C17H23N3O8S/c1-17(2,3)28-16(25)10-7(6-29-13-9(18)12(22)20(10)13)19-11(21)8(14(23)26-4)15(24)27-5/h8-9,13H,6,18H2,1-5H3,(H,19,21)/t9?,13-/m1/s1. The Morgan fingerprint density at radius 2 is 1.72 bits per heavy atom. The summed E-state index contributed by atoms with van der Waals surface area (Å²) in [5.74, 6) is -6.46. The number of fused-ring (bicyclic) bond motifs is 1. The molecule has 12 heteroatoms. The summed E-state index contributed by atoms with van der Waals surface area (Å²) in [7, 11) is 2.02. The van der Waals surface area contributed by atoms with Gasteiger partial charge in [-0.2, -0.15) is 0 Å². The summed E-state index contributed by atoms with van der Waals surface area (Å²) in [5, 5.41) is 1.89. The van der Waals surface area contributed by atoms with Gasteiger partial charge in [0, 0.05) is 5.75 Å². The third-order valence-electron chi connectivity index (χ3n) is 4.01. The molecule has 1 saturated heterocycles. The Labute approximate surface area is 171 Å². The predicted molar refractivity (Wildman–Crippen MR) is 99.6 cm³/mol. The van der Waals surface area contributed by atoms with Crippen LogP contribution in [0, 0.1) is 5.92 Å². The minimum absolute atomic E-state index is 0.0172. The fourth-order valence-electron chi connectivity index (χ4n) is 2.69. The Hall–Kier alpha value is -2.60. The second kappa shape index (κ2) is 8.41. The van der Waals surface area contributed by atoms with Crippen LogP contribution in [0.4, 0.5) is 0 Å². The van der Waals surface area contributed by atoms with Crippen LogP contribution in [0.5, 0.6) is 0 Å². The SMILES string of the molecule is COC(=O)C(C(=O)NC1=C(C(=O)OC(C)(C)C)N2C(=O)C(N)[C@H]2SC1)C(=O)OC. The van der Waals surface area contributed by atoms with E-state index in [1.54, 1.807) is 20.8 Å². The maximum Gasteiger partial charge on any atom is 0.357 e. The molecule has 0 bridgehead atoms. The molecule has 0 spiro atoms. The van der Waals surface area contributed by atoms with Gasteiger partial charge in [0.1, 0.15) is 17.0 Å². The number of carbonyl (C=O) groups excluding carboxylic acids is 5. The lowest BCUT2D eigenvalue weighted by Gasteiger charge is -2.48. The number of amides is 2. The van der Waals surface area contributed by atoms with Crippen LogP contribution in [-0.2, 0) is 38.2 Å². The third kappa shape index (κ3) is 4.53. The fraction of sp³-hybridized carbons (Fsp3) is 0.588. The highest BCUT2D eigenvalue weighted by molar-refractivity contribution is 8.00. The first-order chi connectivity index (χ1) is 13.4. The Morgan fingerprint density at radius 1 is 1.17 bits per heavy atom. The molecule has 2 rings (SSSR count). The molecule has 11 nitrogen and oxygen atoms in total. The van der Waals surface area contributed by atoms with Gasteiger partial charge in [0.05, 0.1) is 19.9 Å². The lowest BCUT2D eigenvalue weighted by Crippen LogP contribution is -2.69. The molecule has 3 N–H and O–H groups in total. The van der Waals surface area contributed by atoms with Gasteiger partial charge < -0.3 is 25.3 Å². The van der Waals surface area contributed by atoms with E-state index in [4.69, 9.17) is 10.5 Å². The van der Waals surface area contributed by atoms with Crippen LogP contribution in [0.1, 0.15) is 20.8 Å². The van der Waals surface area contributed by atoms with Gasteiger partial charge in [0.2, 0.25) is 17.7 Å². The van der Waals surface area contributed by atoms with Crippen molar-refractivity contribution in [3.8, 4) is 0 Å². The van der Waals surface area contributed by atoms with Crippen molar-refractivity contribution in [2.45, 2.75) is 37.8 Å². The zero-order valence-electron chi connectivity index (χ0n) is 16.6. The summed E-state index contributed by atoms with van der Waals surface area (Å²) in [4.78, 5) is 62.4. The van der Waals surface area contributed by atoms with E-state index in [1.165, 1.54) is 11.8 Å². The van der Waals surface area contributed by atoms with Crippen molar-refractivity contribution in [2.75, 3.05) is 20.0 Å². The number of nitrogens with two attached hydrogens (primary N) is 1. The smallest absolute Gasteiger partial charge is 0.357 e. The van der Waals surface area contributed by atoms with Gasteiger partial charge in [-0.25, -0.2) is 4.79 Å². The molecule has 0 aromatic carbocycles. The zero-order chi connectivity index (χ0) is 22.1. The van der Waals surface area contributed by atoms with Crippen LogP contribution in [-0.4, -0.2) is 71.6 Å². The highest BCUT2D eigenvalue weighted by Crippen LogP contribution is 2.39. The van der Waals surface area contributed by atoms with E-state index in [2.05, 4.69) is 14.8 Å². The van der Waals surface area contributed by atoms with Crippen LogP contribution in [0.25, 0.3) is 0 Å². The Kier molecular flexibility index (Phi) is 6.58. The van der Waals surface area contributed by atoms with E-state index >= 15 is 0 Å². The van der Waals surface area contributed by atoms with E-state index in [9.17, 15) is 24.0 Å². The maximum atomic E-state index is 12.7. The number of nitrogens with zero attached hydrogens (tertiary/aromatic N) is 1. The zero-order valence-corrected chi connectivity index (χ0v) is 17.5. The van der Waals surface area contributed by atoms with E-state index in [0.29, 0.717) is 0 Å². The lowest BCUT2D eigenvalue weighted by molar-refractivity contribution is -0.162. The number of hydrogen-bond acceptors (Lipinski definition) is 10. The van der Waals surface area contributed by atoms with Crippen molar-refractivity contribution in [1.82, 2.24) is 10.2 Å². The molecule has 160 valence electrons. The molecule has 0 aromatic heterocycles. The molecule has 1 unspecified atom stereocenters. The van der Waals surface area contributed by atoms with Gasteiger partial charge in [0.15, 0.2) is 5.70 Å².